The van der Waals surface area contributed by atoms with Crippen LogP contribution in [0.2, 0.25) is 0 Å². The summed E-state index contributed by atoms with van der Waals surface area (Å²) in [7, 11) is 0. The van der Waals surface area contributed by atoms with Crippen molar-refractivity contribution in [3.8, 4) is 0 Å². The molecule has 0 bridgehead atoms. The first-order chi connectivity index (χ1) is 8.65. The number of aliphatic hydroxyl groups is 1. The lowest BCUT2D eigenvalue weighted by Gasteiger charge is -2.23. The number of thiazole rings is 1. The third kappa shape index (κ3) is 3.23. The van der Waals surface area contributed by atoms with Crippen LogP contribution >= 0.6 is 11.3 Å². The number of hydrogen-bond acceptors (Lipinski definition) is 4. The van der Waals surface area contributed by atoms with Crippen LogP contribution in [-0.4, -0.2) is 22.7 Å². The second kappa shape index (κ2) is 6.02. The molecule has 3 nitrogen and oxygen atoms in total. The van der Waals surface area contributed by atoms with Gasteiger partial charge in [0, 0.05) is 12.6 Å². The van der Waals surface area contributed by atoms with Gasteiger partial charge in [0.1, 0.15) is 0 Å². The molecule has 2 rings (SSSR count). The molecule has 0 radical (unpaired) electrons. The van der Waals surface area contributed by atoms with Crippen LogP contribution in [0.3, 0.4) is 0 Å². The van der Waals surface area contributed by atoms with E-state index in [1.54, 1.807) is 11.3 Å². The van der Waals surface area contributed by atoms with E-state index >= 15 is 0 Å². The molecule has 0 amide bonds. The van der Waals surface area contributed by atoms with Crippen molar-refractivity contribution in [2.75, 3.05) is 11.4 Å². The summed E-state index contributed by atoms with van der Waals surface area (Å²) in [4.78, 5) is 8.28. The molecule has 1 aromatic heterocycles. The predicted molar refractivity (Wildman–Crippen MR) is 77.2 cm³/mol. The van der Waals surface area contributed by atoms with Crippen LogP contribution in [0.5, 0.6) is 0 Å². The molecule has 1 N–H and O–H groups in total. The van der Waals surface area contributed by atoms with E-state index in [9.17, 15) is 5.11 Å². The zero-order chi connectivity index (χ0) is 13.1. The third-order valence-corrected chi connectivity index (χ3v) is 4.31. The van der Waals surface area contributed by atoms with Gasteiger partial charge in [-0.3, -0.25) is 0 Å². The van der Waals surface area contributed by atoms with Crippen LogP contribution in [0.4, 0.5) is 5.13 Å². The molecule has 1 aliphatic carbocycles. The number of rotatable bonds is 7. The molecule has 1 saturated carbocycles. The smallest absolute Gasteiger partial charge is 0.186 e. The lowest BCUT2D eigenvalue weighted by atomic mass is 10.2. The van der Waals surface area contributed by atoms with Crippen LogP contribution in [-0.2, 0) is 13.0 Å². The first-order valence-electron chi connectivity index (χ1n) is 7.01. The molecule has 0 unspecified atom stereocenters. The Balaban J connectivity index is 2.18. The lowest BCUT2D eigenvalue weighted by Crippen LogP contribution is -2.29. The van der Waals surface area contributed by atoms with Crippen molar-refractivity contribution in [2.24, 2.45) is 5.92 Å². The first kappa shape index (κ1) is 13.8. The fourth-order valence-corrected chi connectivity index (χ4v) is 3.26. The van der Waals surface area contributed by atoms with Crippen molar-refractivity contribution in [3.63, 3.8) is 0 Å². The van der Waals surface area contributed by atoms with E-state index in [1.807, 2.05) is 0 Å². The van der Waals surface area contributed by atoms with Gasteiger partial charge >= 0.3 is 0 Å². The van der Waals surface area contributed by atoms with Crippen molar-refractivity contribution in [1.29, 1.82) is 0 Å². The monoisotopic (exact) mass is 268 g/mol. The van der Waals surface area contributed by atoms with Crippen molar-refractivity contribution in [2.45, 2.75) is 59.1 Å². The highest BCUT2D eigenvalue weighted by molar-refractivity contribution is 7.15. The number of aliphatic hydroxyl groups excluding tert-OH is 1. The van der Waals surface area contributed by atoms with E-state index in [1.165, 1.54) is 12.8 Å². The zero-order valence-electron chi connectivity index (χ0n) is 11.6. The Morgan fingerprint density at radius 3 is 2.67 bits per heavy atom. The molecular formula is C14H24N2OS. The summed E-state index contributed by atoms with van der Waals surface area (Å²) in [6.07, 6.45) is 4.66. The SMILES string of the molecule is CCCc1nc(N(CC(C)C)C2CC2)sc1CO. The summed E-state index contributed by atoms with van der Waals surface area (Å²) < 4.78 is 0. The van der Waals surface area contributed by atoms with Gasteiger partial charge < -0.3 is 10.0 Å². The molecule has 18 heavy (non-hydrogen) atoms. The van der Waals surface area contributed by atoms with Gasteiger partial charge in [0.05, 0.1) is 17.2 Å². The quantitative estimate of drug-likeness (QED) is 0.825. The maximum atomic E-state index is 9.43. The van der Waals surface area contributed by atoms with Crippen LogP contribution in [0, 0.1) is 5.92 Å². The lowest BCUT2D eigenvalue weighted by molar-refractivity contribution is 0.284. The Kier molecular flexibility index (Phi) is 4.62. The van der Waals surface area contributed by atoms with Crippen molar-refractivity contribution < 1.29 is 5.11 Å². The second-order valence-electron chi connectivity index (χ2n) is 5.55. The van der Waals surface area contributed by atoms with Gasteiger partial charge in [-0.25, -0.2) is 4.98 Å². The van der Waals surface area contributed by atoms with Crippen LogP contribution in [0.25, 0.3) is 0 Å². The summed E-state index contributed by atoms with van der Waals surface area (Å²) in [5.41, 5.74) is 1.11. The van der Waals surface area contributed by atoms with E-state index < -0.39 is 0 Å². The molecule has 0 spiro atoms. The van der Waals surface area contributed by atoms with Crippen molar-refractivity contribution >= 4 is 16.5 Å². The summed E-state index contributed by atoms with van der Waals surface area (Å²) >= 11 is 1.68. The molecule has 0 aliphatic heterocycles. The Morgan fingerprint density at radius 2 is 2.17 bits per heavy atom. The minimum Gasteiger partial charge on any atom is -0.391 e. The maximum Gasteiger partial charge on any atom is 0.186 e. The fourth-order valence-electron chi connectivity index (χ4n) is 2.21. The largest absolute Gasteiger partial charge is 0.391 e. The summed E-state index contributed by atoms with van der Waals surface area (Å²) in [5, 5.41) is 10.6. The standard InChI is InChI=1S/C14H24N2OS/c1-4-5-12-13(9-17)18-14(15-12)16(8-10(2)3)11-6-7-11/h10-11,17H,4-9H2,1-3H3. The van der Waals surface area contributed by atoms with Gasteiger partial charge in [-0.2, -0.15) is 0 Å². The maximum absolute atomic E-state index is 9.43. The third-order valence-electron chi connectivity index (χ3n) is 3.19. The number of anilines is 1. The molecule has 1 aliphatic rings. The molecule has 4 heteroatoms. The highest BCUT2D eigenvalue weighted by Crippen LogP contribution is 2.36. The molecule has 1 heterocycles. The first-order valence-corrected chi connectivity index (χ1v) is 7.83. The minimum atomic E-state index is 0.132. The summed E-state index contributed by atoms with van der Waals surface area (Å²) in [5.74, 6) is 0.654. The topological polar surface area (TPSA) is 36.4 Å². The van der Waals surface area contributed by atoms with E-state index in [0.29, 0.717) is 12.0 Å². The summed E-state index contributed by atoms with van der Waals surface area (Å²) in [6, 6.07) is 0.694. The van der Waals surface area contributed by atoms with Crippen LogP contribution in [0.1, 0.15) is 50.6 Å². The minimum absolute atomic E-state index is 0.132. The average Bonchev–Trinajstić information content (AvgIpc) is 3.08. The Labute approximate surface area is 114 Å². The predicted octanol–water partition coefficient (Wildman–Crippen LogP) is 3.21. The Bertz CT molecular complexity index is 385. The number of aryl methyl sites for hydroxylation is 1. The molecule has 0 atom stereocenters. The molecule has 0 saturated heterocycles. The molecule has 102 valence electrons. The molecule has 0 aromatic carbocycles. The Morgan fingerprint density at radius 1 is 1.44 bits per heavy atom. The van der Waals surface area contributed by atoms with Gasteiger partial charge in [0.25, 0.3) is 0 Å². The van der Waals surface area contributed by atoms with Crippen LogP contribution < -0.4 is 4.90 Å². The highest BCUT2D eigenvalue weighted by atomic mass is 32.1. The second-order valence-corrected chi connectivity index (χ2v) is 6.61. The number of aromatic nitrogens is 1. The molecular weight excluding hydrogens is 244 g/mol. The van der Waals surface area contributed by atoms with E-state index in [0.717, 1.165) is 35.1 Å². The van der Waals surface area contributed by atoms with E-state index in [-0.39, 0.29) is 6.61 Å². The summed E-state index contributed by atoms with van der Waals surface area (Å²) in [6.45, 7) is 7.88. The number of nitrogens with zero attached hydrogens (tertiary/aromatic N) is 2. The normalized spacial score (nSPS) is 15.4. The Hall–Kier alpha value is -0.610. The van der Waals surface area contributed by atoms with Crippen molar-refractivity contribution in [1.82, 2.24) is 4.98 Å². The average molecular weight is 268 g/mol. The molecule has 1 fully saturated rings. The van der Waals surface area contributed by atoms with Gasteiger partial charge in [-0.15, -0.1) is 0 Å². The fraction of sp³-hybridized carbons (Fsp3) is 0.786. The van der Waals surface area contributed by atoms with E-state index in [4.69, 9.17) is 4.98 Å². The van der Waals surface area contributed by atoms with Crippen molar-refractivity contribution in [3.05, 3.63) is 10.6 Å². The van der Waals surface area contributed by atoms with Gasteiger partial charge in [-0.1, -0.05) is 38.5 Å². The number of hydrogen-bond donors (Lipinski definition) is 1. The molecule has 1 aromatic rings. The zero-order valence-corrected chi connectivity index (χ0v) is 12.5. The van der Waals surface area contributed by atoms with Crippen LogP contribution in [0.15, 0.2) is 0 Å². The van der Waals surface area contributed by atoms with E-state index in [2.05, 4.69) is 25.7 Å². The highest BCUT2D eigenvalue weighted by Gasteiger charge is 2.31. The van der Waals surface area contributed by atoms with Gasteiger partial charge in [0.15, 0.2) is 5.13 Å². The van der Waals surface area contributed by atoms with Gasteiger partial charge in [0.2, 0.25) is 0 Å². The van der Waals surface area contributed by atoms with Gasteiger partial charge in [-0.05, 0) is 25.2 Å².